The van der Waals surface area contributed by atoms with Crippen molar-refractivity contribution in [2.45, 2.75) is 6.42 Å². The minimum absolute atomic E-state index is 0.101. The zero-order valence-electron chi connectivity index (χ0n) is 16.0. The molecule has 2 aromatic rings. The number of anilines is 2. The van der Waals surface area contributed by atoms with Crippen molar-refractivity contribution >= 4 is 51.1 Å². The highest BCUT2D eigenvalue weighted by molar-refractivity contribution is 9.10. The Hall–Kier alpha value is -2.99. The maximum Gasteiger partial charge on any atom is 0.248 e. The lowest BCUT2D eigenvalue weighted by Gasteiger charge is -2.17. The molecule has 3 aliphatic rings. The Labute approximate surface area is 182 Å². The zero-order valence-corrected chi connectivity index (χ0v) is 17.6. The number of nitrogens with one attached hydrogen (secondary N) is 1. The van der Waals surface area contributed by atoms with Crippen LogP contribution < -0.4 is 10.2 Å². The van der Waals surface area contributed by atoms with Gasteiger partial charge in [0.15, 0.2) is 0 Å². The number of hydrogen-bond acceptors (Lipinski definition) is 3. The molecule has 1 heterocycles. The molecule has 1 saturated heterocycles. The molecule has 2 aliphatic carbocycles. The van der Waals surface area contributed by atoms with E-state index in [9.17, 15) is 14.4 Å². The highest BCUT2D eigenvalue weighted by Crippen LogP contribution is 2.53. The maximum atomic E-state index is 13.0. The number of halogens is 1. The van der Waals surface area contributed by atoms with E-state index in [1.165, 1.54) is 11.0 Å². The Morgan fingerprint density at radius 2 is 1.67 bits per heavy atom. The molecule has 2 bridgehead atoms. The topological polar surface area (TPSA) is 66.5 Å². The lowest BCUT2D eigenvalue weighted by molar-refractivity contribution is -0.123. The van der Waals surface area contributed by atoms with E-state index >= 15 is 0 Å². The molecular weight excluding hydrogens is 444 g/mol. The van der Waals surface area contributed by atoms with Gasteiger partial charge in [0.1, 0.15) is 0 Å². The third kappa shape index (κ3) is 3.21. The minimum Gasteiger partial charge on any atom is -0.323 e. The van der Waals surface area contributed by atoms with Crippen LogP contribution in [-0.2, 0) is 14.4 Å². The number of rotatable bonds is 4. The number of hydrogen-bond donors (Lipinski definition) is 1. The molecule has 0 spiro atoms. The van der Waals surface area contributed by atoms with Crippen molar-refractivity contribution in [1.29, 1.82) is 0 Å². The van der Waals surface area contributed by atoms with Gasteiger partial charge in [0.2, 0.25) is 17.7 Å². The van der Waals surface area contributed by atoms with Crippen LogP contribution in [0.25, 0.3) is 6.08 Å². The van der Waals surface area contributed by atoms with Crippen LogP contribution in [-0.4, -0.2) is 17.7 Å². The molecule has 1 aliphatic heterocycles. The number of fused-ring (bicyclic) bond motifs is 5. The van der Waals surface area contributed by atoms with E-state index in [0.717, 1.165) is 16.5 Å². The Morgan fingerprint density at radius 3 is 2.33 bits per heavy atom. The van der Waals surface area contributed by atoms with E-state index in [4.69, 9.17) is 0 Å². The summed E-state index contributed by atoms with van der Waals surface area (Å²) in [6, 6.07) is 14.5. The van der Waals surface area contributed by atoms with Crippen molar-refractivity contribution < 1.29 is 14.4 Å². The summed E-state index contributed by atoms with van der Waals surface area (Å²) in [5.41, 5.74) is 2.01. The highest BCUT2D eigenvalue weighted by atomic mass is 79.9. The maximum absolute atomic E-state index is 13.0. The molecule has 3 amide bonds. The predicted octanol–water partition coefficient (Wildman–Crippen LogP) is 4.41. The van der Waals surface area contributed by atoms with E-state index in [1.807, 2.05) is 18.2 Å². The van der Waals surface area contributed by atoms with Gasteiger partial charge < -0.3 is 5.32 Å². The Morgan fingerprint density at radius 1 is 1.00 bits per heavy atom. The quantitative estimate of drug-likeness (QED) is 0.415. The molecule has 30 heavy (non-hydrogen) atoms. The zero-order chi connectivity index (χ0) is 20.8. The number of nitrogens with zero attached hydrogens (tertiary/aromatic N) is 1. The van der Waals surface area contributed by atoms with Crippen LogP contribution in [0.5, 0.6) is 0 Å². The number of carbonyl (C=O) groups excluding carboxylic acids is 3. The van der Waals surface area contributed by atoms with E-state index in [0.29, 0.717) is 11.4 Å². The smallest absolute Gasteiger partial charge is 0.248 e. The van der Waals surface area contributed by atoms with Crippen LogP contribution >= 0.6 is 15.9 Å². The molecule has 150 valence electrons. The Bertz CT molecular complexity index is 1080. The normalized spacial score (nSPS) is 26.6. The van der Waals surface area contributed by atoms with Gasteiger partial charge in [-0.2, -0.15) is 0 Å². The minimum atomic E-state index is -0.256. The predicted molar refractivity (Wildman–Crippen MR) is 118 cm³/mol. The van der Waals surface area contributed by atoms with Gasteiger partial charge in [-0.15, -0.1) is 0 Å². The summed E-state index contributed by atoms with van der Waals surface area (Å²) in [4.78, 5) is 39.5. The number of allylic oxidation sites excluding steroid dienone is 2. The van der Waals surface area contributed by atoms with Crippen LogP contribution in [0.4, 0.5) is 11.4 Å². The number of carbonyl (C=O) groups is 3. The van der Waals surface area contributed by atoms with Crippen LogP contribution in [0.3, 0.4) is 0 Å². The Kier molecular flexibility index (Phi) is 4.66. The van der Waals surface area contributed by atoms with Gasteiger partial charge in [-0.1, -0.05) is 40.2 Å². The van der Waals surface area contributed by atoms with Crippen LogP contribution in [0, 0.1) is 23.7 Å². The van der Waals surface area contributed by atoms with Crippen LogP contribution in [0.2, 0.25) is 0 Å². The van der Waals surface area contributed by atoms with Gasteiger partial charge in [0.05, 0.1) is 17.5 Å². The van der Waals surface area contributed by atoms with Crippen molar-refractivity contribution in [1.82, 2.24) is 0 Å². The fourth-order valence-corrected chi connectivity index (χ4v) is 5.08. The standard InChI is InChI=1S/C24H19BrN2O3/c25-17-7-9-18(10-8-17)26-20(28)11-4-14-2-1-3-19(12-14)27-23(29)21-15-5-6-16(13-15)22(21)24(27)30/h1-12,15-16,21-22H,13H2,(H,26,28)/b11-4+/t15-,16+,21-,22-/m0/s1. The molecule has 4 atom stereocenters. The van der Waals surface area contributed by atoms with Crippen LogP contribution in [0.1, 0.15) is 12.0 Å². The molecule has 5 rings (SSSR count). The Balaban J connectivity index is 1.32. The number of benzene rings is 2. The SMILES string of the molecule is O=C(/C=C/c1cccc(N2C(=O)[C@@H]3[C@@H](C2=O)[C@H]2C=C[C@@H]3C2)c1)Nc1ccc(Br)cc1. The number of imide groups is 1. The summed E-state index contributed by atoms with van der Waals surface area (Å²) in [6.07, 6.45) is 8.20. The lowest BCUT2D eigenvalue weighted by Crippen LogP contribution is -2.32. The largest absolute Gasteiger partial charge is 0.323 e. The molecule has 0 aromatic heterocycles. The summed E-state index contributed by atoms with van der Waals surface area (Å²) in [6.45, 7) is 0. The van der Waals surface area contributed by atoms with Gasteiger partial charge in [-0.3, -0.25) is 14.4 Å². The summed E-state index contributed by atoms with van der Waals surface area (Å²) < 4.78 is 0.937. The van der Waals surface area contributed by atoms with E-state index in [2.05, 4.69) is 33.4 Å². The van der Waals surface area contributed by atoms with Gasteiger partial charge in [0, 0.05) is 16.2 Å². The second-order valence-corrected chi connectivity index (χ2v) is 8.85. The fraction of sp³-hybridized carbons (Fsp3) is 0.208. The van der Waals surface area contributed by atoms with Gasteiger partial charge in [0.25, 0.3) is 0 Å². The third-order valence-corrected chi connectivity index (χ3v) is 6.67. The first-order valence-electron chi connectivity index (χ1n) is 9.92. The summed E-state index contributed by atoms with van der Waals surface area (Å²) in [5.74, 6) is -0.523. The molecule has 0 radical (unpaired) electrons. The van der Waals surface area contributed by atoms with Crippen molar-refractivity contribution in [3.05, 3.63) is 76.8 Å². The highest BCUT2D eigenvalue weighted by Gasteiger charge is 2.59. The number of amides is 3. The molecule has 1 N–H and O–H groups in total. The van der Waals surface area contributed by atoms with Crippen molar-refractivity contribution in [2.24, 2.45) is 23.7 Å². The first-order chi connectivity index (χ1) is 14.5. The average molecular weight is 463 g/mol. The molecule has 2 aromatic carbocycles. The van der Waals surface area contributed by atoms with Crippen molar-refractivity contribution in [2.75, 3.05) is 10.2 Å². The molecule has 1 saturated carbocycles. The molecule has 2 fully saturated rings. The van der Waals surface area contributed by atoms with Crippen molar-refractivity contribution in [3.8, 4) is 0 Å². The second kappa shape index (κ2) is 7.36. The van der Waals surface area contributed by atoms with Crippen molar-refractivity contribution in [3.63, 3.8) is 0 Å². The third-order valence-electron chi connectivity index (χ3n) is 6.14. The van der Waals surface area contributed by atoms with Crippen LogP contribution in [0.15, 0.2) is 71.2 Å². The first-order valence-corrected chi connectivity index (χ1v) is 10.7. The molecular formula is C24H19BrN2O3. The fourth-order valence-electron chi connectivity index (χ4n) is 4.81. The molecule has 5 nitrogen and oxygen atoms in total. The van der Waals surface area contributed by atoms with Gasteiger partial charge >= 0.3 is 0 Å². The molecule has 0 unspecified atom stereocenters. The second-order valence-electron chi connectivity index (χ2n) is 7.94. The van der Waals surface area contributed by atoms with Gasteiger partial charge in [-0.05, 0) is 66.3 Å². The monoisotopic (exact) mass is 462 g/mol. The first kappa shape index (κ1) is 19.0. The van der Waals surface area contributed by atoms with Gasteiger partial charge in [-0.25, -0.2) is 4.90 Å². The van der Waals surface area contributed by atoms with E-state index < -0.39 is 0 Å². The summed E-state index contributed by atoms with van der Waals surface area (Å²) in [5, 5.41) is 2.79. The van der Waals surface area contributed by atoms with E-state index in [1.54, 1.807) is 36.4 Å². The van der Waals surface area contributed by atoms with E-state index in [-0.39, 0.29) is 41.4 Å². The average Bonchev–Trinajstić information content (AvgIpc) is 3.42. The summed E-state index contributed by atoms with van der Waals surface area (Å²) in [7, 11) is 0. The molecule has 6 heteroatoms. The lowest BCUT2D eigenvalue weighted by atomic mass is 9.85. The summed E-state index contributed by atoms with van der Waals surface area (Å²) >= 11 is 3.36.